The van der Waals surface area contributed by atoms with Crippen LogP contribution in [0.2, 0.25) is 0 Å². The fourth-order valence-corrected chi connectivity index (χ4v) is 4.49. The molecule has 1 amide bonds. The lowest BCUT2D eigenvalue weighted by atomic mass is 9.90. The van der Waals surface area contributed by atoms with Crippen molar-refractivity contribution in [1.82, 2.24) is 24.2 Å². The molecular weight excluding hydrogens is 462 g/mol. The van der Waals surface area contributed by atoms with Gasteiger partial charge in [0.15, 0.2) is 5.52 Å². The second-order valence-electron chi connectivity index (χ2n) is 8.41. The van der Waals surface area contributed by atoms with Crippen LogP contribution in [0, 0.1) is 0 Å². The molecule has 1 N–H and O–H groups in total. The number of hydrogen-bond acceptors (Lipinski definition) is 5. The predicted molar refractivity (Wildman–Crippen MR) is 121 cm³/mol. The van der Waals surface area contributed by atoms with E-state index in [0.717, 1.165) is 5.56 Å². The highest BCUT2D eigenvalue weighted by atomic mass is 79.9. The number of rotatable bonds is 5. The lowest BCUT2D eigenvalue weighted by Gasteiger charge is -2.38. The number of amides is 1. The minimum atomic E-state index is -1.06. The molecular formula is C22H26BrN5O3. The Labute approximate surface area is 188 Å². The van der Waals surface area contributed by atoms with Crippen LogP contribution >= 0.6 is 15.9 Å². The van der Waals surface area contributed by atoms with Crippen molar-refractivity contribution >= 4 is 32.9 Å². The first-order valence-electron chi connectivity index (χ1n) is 10.4. The Hall–Kier alpha value is -2.52. The summed E-state index contributed by atoms with van der Waals surface area (Å²) in [6, 6.07) is 10.0. The largest absolute Gasteiger partial charge is 0.388 e. The SMILES string of the molecule is CC(CC(=O)N1CCC(O)(Cn2cnc3c(Br)n(C)nc3c2=O)CC1)c1ccccc1. The molecule has 1 atom stereocenters. The molecule has 3 heterocycles. The second-order valence-corrected chi connectivity index (χ2v) is 9.16. The topological polar surface area (TPSA) is 93.2 Å². The Bertz CT molecular complexity index is 1150. The van der Waals surface area contributed by atoms with Crippen molar-refractivity contribution < 1.29 is 9.90 Å². The maximum atomic E-state index is 12.8. The van der Waals surface area contributed by atoms with Crippen LogP contribution < -0.4 is 5.56 Å². The van der Waals surface area contributed by atoms with Crippen LogP contribution in [0.1, 0.15) is 37.7 Å². The van der Waals surface area contributed by atoms with Gasteiger partial charge in [-0.3, -0.25) is 18.8 Å². The van der Waals surface area contributed by atoms with Crippen molar-refractivity contribution in [2.24, 2.45) is 7.05 Å². The zero-order valence-electron chi connectivity index (χ0n) is 17.7. The summed E-state index contributed by atoms with van der Waals surface area (Å²) in [7, 11) is 1.73. The third-order valence-corrected chi connectivity index (χ3v) is 6.99. The highest BCUT2D eigenvalue weighted by Crippen LogP contribution is 2.27. The van der Waals surface area contributed by atoms with E-state index >= 15 is 0 Å². The van der Waals surface area contributed by atoms with Gasteiger partial charge in [-0.2, -0.15) is 5.10 Å². The van der Waals surface area contributed by atoms with Crippen molar-refractivity contribution in [3.8, 4) is 0 Å². The number of aromatic nitrogens is 4. The van der Waals surface area contributed by atoms with Gasteiger partial charge >= 0.3 is 0 Å². The van der Waals surface area contributed by atoms with Gasteiger partial charge in [-0.15, -0.1) is 0 Å². The number of nitrogens with zero attached hydrogens (tertiary/aromatic N) is 5. The molecule has 0 saturated carbocycles. The molecule has 1 aliphatic rings. The normalized spacial score (nSPS) is 17.1. The molecule has 4 rings (SSSR count). The van der Waals surface area contributed by atoms with E-state index in [1.54, 1.807) is 11.7 Å². The number of piperidine rings is 1. The summed E-state index contributed by atoms with van der Waals surface area (Å²) in [6.07, 6.45) is 2.72. The van der Waals surface area contributed by atoms with E-state index < -0.39 is 5.60 Å². The first-order valence-corrected chi connectivity index (χ1v) is 11.2. The molecule has 0 aliphatic carbocycles. The molecule has 2 aromatic heterocycles. The van der Waals surface area contributed by atoms with E-state index in [1.165, 1.54) is 10.9 Å². The summed E-state index contributed by atoms with van der Waals surface area (Å²) in [5, 5.41) is 15.3. The molecule has 31 heavy (non-hydrogen) atoms. The molecule has 0 radical (unpaired) electrons. The fourth-order valence-electron chi connectivity index (χ4n) is 4.12. The predicted octanol–water partition coefficient (Wildman–Crippen LogP) is 2.44. The summed E-state index contributed by atoms with van der Waals surface area (Å²) in [5.41, 5.74) is 0.571. The molecule has 1 aliphatic heterocycles. The Kier molecular flexibility index (Phi) is 5.98. The van der Waals surface area contributed by atoms with Crippen LogP contribution in [0.4, 0.5) is 0 Å². The third kappa shape index (κ3) is 4.43. The average Bonchev–Trinajstić information content (AvgIpc) is 3.05. The van der Waals surface area contributed by atoms with Gasteiger partial charge in [0.05, 0.1) is 18.5 Å². The Balaban J connectivity index is 1.40. The molecule has 1 fully saturated rings. The monoisotopic (exact) mass is 487 g/mol. The first-order chi connectivity index (χ1) is 14.8. The Morgan fingerprint density at radius 1 is 1.23 bits per heavy atom. The number of carbonyl (C=O) groups is 1. The van der Waals surface area contributed by atoms with E-state index in [2.05, 4.69) is 32.9 Å². The summed E-state index contributed by atoms with van der Waals surface area (Å²) >= 11 is 3.37. The zero-order chi connectivity index (χ0) is 22.2. The Morgan fingerprint density at radius 2 is 1.90 bits per heavy atom. The van der Waals surface area contributed by atoms with Gasteiger partial charge in [0.2, 0.25) is 5.91 Å². The lowest BCUT2D eigenvalue weighted by Crippen LogP contribution is -2.49. The standard InChI is InChI=1S/C22H26BrN5O3/c1-15(16-6-4-3-5-7-16)12-17(29)27-10-8-22(31,9-11-27)13-28-14-24-18-19(21(28)30)25-26(2)20(18)23/h3-7,14-15,31H,8-13H2,1-2H3. The number of fused-ring (bicyclic) bond motifs is 1. The van der Waals surface area contributed by atoms with Gasteiger partial charge in [0, 0.05) is 26.6 Å². The van der Waals surface area contributed by atoms with Gasteiger partial charge in [-0.25, -0.2) is 4.98 Å². The molecule has 1 unspecified atom stereocenters. The number of halogens is 1. The summed E-state index contributed by atoms with van der Waals surface area (Å²) in [6.45, 7) is 3.12. The fraction of sp³-hybridized carbons (Fsp3) is 0.455. The number of hydrogen-bond donors (Lipinski definition) is 1. The molecule has 0 spiro atoms. The smallest absolute Gasteiger partial charge is 0.281 e. The molecule has 0 bridgehead atoms. The third-order valence-electron chi connectivity index (χ3n) is 6.10. The minimum Gasteiger partial charge on any atom is -0.388 e. The maximum Gasteiger partial charge on any atom is 0.281 e. The van der Waals surface area contributed by atoms with Gasteiger partial charge < -0.3 is 10.0 Å². The van der Waals surface area contributed by atoms with Crippen LogP contribution in [0.25, 0.3) is 11.0 Å². The first kappa shape index (κ1) is 21.7. The highest BCUT2D eigenvalue weighted by Gasteiger charge is 2.35. The van der Waals surface area contributed by atoms with Crippen molar-refractivity contribution in [2.45, 2.75) is 44.2 Å². The van der Waals surface area contributed by atoms with Crippen molar-refractivity contribution in [2.75, 3.05) is 13.1 Å². The van der Waals surface area contributed by atoms with Crippen molar-refractivity contribution in [3.63, 3.8) is 0 Å². The number of likely N-dealkylation sites (tertiary alicyclic amines) is 1. The molecule has 3 aromatic rings. The number of aliphatic hydroxyl groups is 1. The maximum absolute atomic E-state index is 12.8. The second kappa shape index (κ2) is 8.55. The molecule has 1 aromatic carbocycles. The van der Waals surface area contributed by atoms with E-state index in [4.69, 9.17) is 0 Å². The molecule has 8 nitrogen and oxygen atoms in total. The summed E-state index contributed by atoms with van der Waals surface area (Å²) < 4.78 is 3.61. The van der Waals surface area contributed by atoms with Crippen LogP contribution in [-0.4, -0.2) is 53.9 Å². The van der Waals surface area contributed by atoms with E-state index in [1.807, 2.05) is 35.2 Å². The molecule has 164 valence electrons. The average molecular weight is 488 g/mol. The van der Waals surface area contributed by atoms with Gasteiger partial charge in [-0.05, 0) is 40.3 Å². The minimum absolute atomic E-state index is 0.0944. The summed E-state index contributed by atoms with van der Waals surface area (Å²) in [5.74, 6) is 0.237. The van der Waals surface area contributed by atoms with Gasteiger partial charge in [0.1, 0.15) is 10.1 Å². The van der Waals surface area contributed by atoms with Crippen LogP contribution in [0.3, 0.4) is 0 Å². The van der Waals surface area contributed by atoms with Crippen molar-refractivity contribution in [1.29, 1.82) is 0 Å². The molecule has 9 heteroatoms. The van der Waals surface area contributed by atoms with Crippen LogP contribution in [0.5, 0.6) is 0 Å². The van der Waals surface area contributed by atoms with Crippen molar-refractivity contribution in [3.05, 3.63) is 57.2 Å². The number of aryl methyl sites for hydroxylation is 1. The number of benzene rings is 1. The number of carbonyl (C=O) groups excluding carboxylic acids is 1. The van der Waals surface area contributed by atoms with Crippen LogP contribution in [0.15, 0.2) is 46.1 Å². The van der Waals surface area contributed by atoms with Gasteiger partial charge in [0.25, 0.3) is 5.56 Å². The van der Waals surface area contributed by atoms with E-state index in [9.17, 15) is 14.7 Å². The van der Waals surface area contributed by atoms with E-state index in [-0.39, 0.29) is 29.4 Å². The highest BCUT2D eigenvalue weighted by molar-refractivity contribution is 9.10. The molecule has 1 saturated heterocycles. The lowest BCUT2D eigenvalue weighted by molar-refractivity contribution is -0.136. The summed E-state index contributed by atoms with van der Waals surface area (Å²) in [4.78, 5) is 31.7. The zero-order valence-corrected chi connectivity index (χ0v) is 19.2. The van der Waals surface area contributed by atoms with Gasteiger partial charge in [-0.1, -0.05) is 37.3 Å². The Morgan fingerprint density at radius 3 is 2.58 bits per heavy atom. The van der Waals surface area contributed by atoms with Crippen LogP contribution in [-0.2, 0) is 18.4 Å². The quantitative estimate of drug-likeness (QED) is 0.596. The van der Waals surface area contributed by atoms with E-state index in [0.29, 0.717) is 42.5 Å².